The second kappa shape index (κ2) is 24.6. The van der Waals surface area contributed by atoms with Crippen molar-refractivity contribution in [2.75, 3.05) is 0 Å². The molecule has 0 aromatic rings. The molecule has 0 rings (SSSR count). The second-order valence-corrected chi connectivity index (χ2v) is 11.3. The Labute approximate surface area is 248 Å². The molecule has 0 atom stereocenters. The van der Waals surface area contributed by atoms with E-state index >= 15 is 0 Å². The Morgan fingerprint density at radius 3 is 0.971 bits per heavy atom. The maximum absolute atomic E-state index is 11.0. The predicted octanol–water partition coefficient (Wildman–Crippen LogP) is -1.32. The van der Waals surface area contributed by atoms with Crippen LogP contribution in [-0.4, -0.2) is 31.1 Å². The summed E-state index contributed by atoms with van der Waals surface area (Å²) in [4.78, 5) is 39.4. The topological polar surface area (TPSA) is 186 Å². The summed E-state index contributed by atoms with van der Waals surface area (Å²) in [5, 5.41) is 22.4. The Morgan fingerprint density at radius 1 is 0.529 bits per heavy atom. The van der Waals surface area contributed by atoms with Crippen LogP contribution in [0.15, 0.2) is 10.3 Å². The third kappa shape index (κ3) is 23.6. The number of hydrogen-bond acceptors (Lipinski definition) is 8. The van der Waals surface area contributed by atoms with Gasteiger partial charge in [0.25, 0.3) is 0 Å². The van der Waals surface area contributed by atoms with E-state index < -0.39 is 26.1 Å². The van der Waals surface area contributed by atoms with Crippen molar-refractivity contribution in [3.8, 4) is 0 Å². The summed E-state index contributed by atoms with van der Waals surface area (Å²) in [6.45, 7) is 0. The van der Waals surface area contributed by atoms with Gasteiger partial charge in [-0.05, 0) is 26.9 Å². The molecule has 0 aromatic carbocycles. The zero-order valence-corrected chi connectivity index (χ0v) is 26.7. The van der Waals surface area contributed by atoms with Crippen LogP contribution in [0, 0.1) is 0 Å². The number of hydrogen-bond donors (Lipinski definition) is 4. The molecule has 4 N–H and O–H groups in total. The van der Waals surface area contributed by atoms with E-state index in [1.54, 1.807) is 0 Å². The van der Waals surface area contributed by atoms with E-state index in [4.69, 9.17) is 20.2 Å². The predicted molar refractivity (Wildman–Crippen MR) is 121 cm³/mol. The molecule has 0 aromatic heterocycles. The molecule has 0 spiro atoms. The van der Waals surface area contributed by atoms with E-state index in [0.717, 1.165) is 51.4 Å². The Kier molecular flexibility index (Phi) is 28.7. The first-order valence-electron chi connectivity index (χ1n) is 11.6. The van der Waals surface area contributed by atoms with Gasteiger partial charge in [0.05, 0.1) is 5.45 Å². The molecule has 0 radical (unpaired) electrons. The Bertz CT molecular complexity index is 588. The van der Waals surface area contributed by atoms with Crippen LogP contribution >= 0.6 is 15.2 Å². The summed E-state index contributed by atoms with van der Waals surface area (Å²) in [5.41, 5.74) is -1.08. The normalized spacial score (nSPS) is 12.8. The fraction of sp³-hybridized carbons (Fsp3) is 0.900. The van der Waals surface area contributed by atoms with Gasteiger partial charge in [-0.15, -0.1) is 0 Å². The Hall–Kier alpha value is 1.24. The SMILES string of the molecule is O=P([O-])([O-])C(CCCCCCCCCCCCCCCCCCC(=NO)P(=O)(O)O)=NO.[Na+].[Na+]. The first-order valence-corrected chi connectivity index (χ1v) is 14.8. The van der Waals surface area contributed by atoms with Crippen LogP contribution in [0.3, 0.4) is 0 Å². The number of oxime groups is 2. The molecule has 0 amide bonds. The summed E-state index contributed by atoms with van der Waals surface area (Å²) in [6, 6.07) is 0. The van der Waals surface area contributed by atoms with Gasteiger partial charge in [-0.2, -0.15) is 0 Å². The molecule has 190 valence electrons. The number of rotatable bonds is 21. The molecule has 0 aliphatic heterocycles. The molecule has 14 heteroatoms. The van der Waals surface area contributed by atoms with Gasteiger partial charge in [0.2, 0.25) is 0 Å². The molecule has 0 fully saturated rings. The van der Waals surface area contributed by atoms with Crippen LogP contribution in [0.4, 0.5) is 0 Å². The van der Waals surface area contributed by atoms with E-state index in [1.807, 2.05) is 0 Å². The molecule has 34 heavy (non-hydrogen) atoms. The minimum absolute atomic E-state index is 0. The smallest absolute Gasteiger partial charge is 0.806 e. The van der Waals surface area contributed by atoms with Crippen LogP contribution in [0.2, 0.25) is 0 Å². The molecule has 10 nitrogen and oxygen atoms in total. The molecule has 0 aliphatic rings. The van der Waals surface area contributed by atoms with Crippen molar-refractivity contribution in [1.29, 1.82) is 0 Å². The van der Waals surface area contributed by atoms with Gasteiger partial charge in [0, 0.05) is 6.42 Å². The summed E-state index contributed by atoms with van der Waals surface area (Å²) in [6.07, 6.45) is 16.8. The molecule has 0 saturated heterocycles. The maximum atomic E-state index is 11.0. The average Bonchev–Trinajstić information content (AvgIpc) is 2.70. The number of nitrogens with zero attached hydrogens (tertiary/aromatic N) is 2. The van der Waals surface area contributed by atoms with Crippen molar-refractivity contribution in [3.63, 3.8) is 0 Å². The van der Waals surface area contributed by atoms with Crippen LogP contribution in [0.25, 0.3) is 0 Å². The maximum Gasteiger partial charge on any atom is 1.00 e. The second-order valence-electron chi connectivity index (χ2n) is 8.23. The average molecular weight is 544 g/mol. The molecular weight excluding hydrogens is 504 g/mol. The van der Waals surface area contributed by atoms with Crippen LogP contribution in [0.5, 0.6) is 0 Å². The fourth-order valence-electron chi connectivity index (χ4n) is 3.54. The minimum atomic E-state index is -4.91. The van der Waals surface area contributed by atoms with Gasteiger partial charge in [0.1, 0.15) is 0 Å². The van der Waals surface area contributed by atoms with Gasteiger partial charge in [-0.25, -0.2) is 0 Å². The van der Waals surface area contributed by atoms with Crippen molar-refractivity contribution >= 4 is 26.1 Å². The number of unbranched alkanes of at least 4 members (excludes halogenated alkanes) is 15. The molecule has 0 heterocycles. The van der Waals surface area contributed by atoms with Crippen LogP contribution < -0.4 is 68.9 Å². The van der Waals surface area contributed by atoms with Gasteiger partial charge in [-0.3, -0.25) is 4.57 Å². The van der Waals surface area contributed by atoms with E-state index in [-0.39, 0.29) is 72.0 Å². The summed E-state index contributed by atoms with van der Waals surface area (Å²) in [5.74, 6) is 0. The minimum Gasteiger partial charge on any atom is -0.806 e. The first kappa shape index (κ1) is 39.7. The van der Waals surface area contributed by atoms with Crippen molar-refractivity contribution in [2.45, 2.75) is 116 Å². The largest absolute Gasteiger partial charge is 1.00 e. The van der Waals surface area contributed by atoms with E-state index in [0.29, 0.717) is 12.8 Å². The summed E-state index contributed by atoms with van der Waals surface area (Å²) in [7, 11) is -9.33. The van der Waals surface area contributed by atoms with E-state index in [2.05, 4.69) is 10.3 Å². The zero-order valence-electron chi connectivity index (χ0n) is 20.9. The molecule has 0 aliphatic carbocycles. The van der Waals surface area contributed by atoms with E-state index in [1.165, 1.54) is 38.5 Å². The van der Waals surface area contributed by atoms with Crippen molar-refractivity contribution < 1.29 is 98.2 Å². The summed E-state index contributed by atoms with van der Waals surface area (Å²) < 4.78 is 21.8. The Morgan fingerprint density at radius 2 is 0.765 bits per heavy atom. The van der Waals surface area contributed by atoms with Gasteiger partial charge in [0.15, 0.2) is 5.45 Å². The molecule has 0 unspecified atom stereocenters. The molecule has 0 bridgehead atoms. The van der Waals surface area contributed by atoms with Crippen LogP contribution in [-0.2, 0) is 9.13 Å². The Balaban J connectivity index is -0.00000480. The van der Waals surface area contributed by atoms with Crippen LogP contribution in [0.1, 0.15) is 116 Å². The van der Waals surface area contributed by atoms with Crippen molar-refractivity contribution in [2.24, 2.45) is 10.3 Å². The molecular formula is C20H40N2Na2O8P2. The van der Waals surface area contributed by atoms with Gasteiger partial charge < -0.3 is 34.6 Å². The monoisotopic (exact) mass is 544 g/mol. The third-order valence-electron chi connectivity index (χ3n) is 5.43. The molecule has 0 saturated carbocycles. The van der Waals surface area contributed by atoms with E-state index in [9.17, 15) is 18.9 Å². The fourth-order valence-corrected chi connectivity index (χ4v) is 4.64. The van der Waals surface area contributed by atoms with Gasteiger partial charge in [-0.1, -0.05) is 100 Å². The zero-order chi connectivity index (χ0) is 24.3. The van der Waals surface area contributed by atoms with Gasteiger partial charge >= 0.3 is 66.7 Å². The third-order valence-corrected chi connectivity index (χ3v) is 7.36. The quantitative estimate of drug-likeness (QED) is 0.0342. The van der Waals surface area contributed by atoms with Crippen molar-refractivity contribution in [3.05, 3.63) is 0 Å². The summed E-state index contributed by atoms with van der Waals surface area (Å²) >= 11 is 0. The van der Waals surface area contributed by atoms with Crippen molar-refractivity contribution in [1.82, 2.24) is 0 Å². The first-order chi connectivity index (χ1) is 15.1. The standard InChI is InChI=1S/C20H42N2O8P2.2Na/c23-21-19(31(25,26)27)17-15-13-11-9-7-5-3-1-2-4-6-8-10-12-14-16-18-20(22-24)32(28,29)30;;/h23-24H,1-18H2,(H2,25,26,27)(H2,28,29,30);;/q;2*+1/p-2.